The number of fused-ring (bicyclic) bond motifs is 1. The molecule has 1 aromatic heterocycles. The smallest absolute Gasteiger partial charge is 0.149 e. The third-order valence-corrected chi connectivity index (χ3v) is 2.75. The van der Waals surface area contributed by atoms with Gasteiger partial charge in [0.25, 0.3) is 0 Å². The Bertz CT molecular complexity index is 523. The number of halogens is 2. The first-order valence-electron chi connectivity index (χ1n) is 4.87. The molecule has 0 saturated heterocycles. The molecule has 15 heavy (non-hydrogen) atoms. The number of aryl methyl sites for hydroxylation is 2. The monoisotopic (exact) mass is 223 g/mol. The zero-order chi connectivity index (χ0) is 11.0. The Labute approximate surface area is 92.9 Å². The van der Waals surface area contributed by atoms with Crippen molar-refractivity contribution in [2.24, 2.45) is 0 Å². The van der Waals surface area contributed by atoms with Crippen molar-refractivity contribution in [1.29, 1.82) is 0 Å². The predicted molar refractivity (Wildman–Crippen MR) is 60.8 cm³/mol. The van der Waals surface area contributed by atoms with Crippen LogP contribution in [0.4, 0.5) is 4.39 Å². The molecular weight excluding hydrogens is 213 g/mol. The molecule has 0 amide bonds. The molecule has 1 heterocycles. The number of hydrogen-bond donors (Lipinski definition) is 0. The van der Waals surface area contributed by atoms with Crippen LogP contribution >= 0.6 is 11.6 Å². The van der Waals surface area contributed by atoms with Crippen molar-refractivity contribution >= 4 is 22.5 Å². The standard InChI is InChI=1S/C12H11ClFN/c1-3-8-6-9-4-7(2)5-10(14)11(9)15-12(8)13/h4-6H,3H2,1-2H3. The second-order valence-electron chi connectivity index (χ2n) is 3.61. The Morgan fingerprint density at radius 1 is 1.33 bits per heavy atom. The van der Waals surface area contributed by atoms with Gasteiger partial charge in [0.15, 0.2) is 0 Å². The van der Waals surface area contributed by atoms with Crippen LogP contribution in [0.25, 0.3) is 10.9 Å². The van der Waals surface area contributed by atoms with Crippen LogP contribution in [0.2, 0.25) is 5.15 Å². The van der Waals surface area contributed by atoms with Crippen molar-refractivity contribution < 1.29 is 4.39 Å². The van der Waals surface area contributed by atoms with Gasteiger partial charge < -0.3 is 0 Å². The largest absolute Gasteiger partial charge is 0.233 e. The number of aromatic nitrogens is 1. The van der Waals surface area contributed by atoms with Crippen LogP contribution in [0.3, 0.4) is 0 Å². The topological polar surface area (TPSA) is 12.9 Å². The molecule has 0 unspecified atom stereocenters. The highest BCUT2D eigenvalue weighted by Gasteiger charge is 2.07. The van der Waals surface area contributed by atoms with Gasteiger partial charge in [-0.05, 0) is 42.7 Å². The molecule has 0 aliphatic heterocycles. The summed E-state index contributed by atoms with van der Waals surface area (Å²) >= 11 is 5.94. The lowest BCUT2D eigenvalue weighted by Crippen LogP contribution is -1.91. The summed E-state index contributed by atoms with van der Waals surface area (Å²) < 4.78 is 13.5. The van der Waals surface area contributed by atoms with E-state index in [0.29, 0.717) is 10.7 Å². The summed E-state index contributed by atoms with van der Waals surface area (Å²) in [4.78, 5) is 4.08. The summed E-state index contributed by atoms with van der Waals surface area (Å²) in [6.45, 7) is 3.86. The van der Waals surface area contributed by atoms with Gasteiger partial charge in [-0.3, -0.25) is 0 Å². The molecule has 3 heteroatoms. The van der Waals surface area contributed by atoms with Gasteiger partial charge in [-0.15, -0.1) is 0 Å². The normalized spacial score (nSPS) is 10.9. The minimum absolute atomic E-state index is 0.311. The molecule has 0 N–H and O–H groups in total. The SMILES string of the molecule is CCc1cc2cc(C)cc(F)c2nc1Cl. The van der Waals surface area contributed by atoms with Crippen molar-refractivity contribution in [3.63, 3.8) is 0 Å². The second kappa shape index (κ2) is 3.78. The zero-order valence-electron chi connectivity index (χ0n) is 8.64. The van der Waals surface area contributed by atoms with Crippen LogP contribution in [0, 0.1) is 12.7 Å². The molecule has 0 radical (unpaired) electrons. The lowest BCUT2D eigenvalue weighted by atomic mass is 10.1. The first-order valence-corrected chi connectivity index (χ1v) is 5.25. The minimum atomic E-state index is -0.311. The fourth-order valence-electron chi connectivity index (χ4n) is 1.65. The van der Waals surface area contributed by atoms with E-state index in [4.69, 9.17) is 11.6 Å². The fourth-order valence-corrected chi connectivity index (χ4v) is 1.93. The Kier molecular flexibility index (Phi) is 2.61. The quantitative estimate of drug-likeness (QED) is 0.669. The van der Waals surface area contributed by atoms with E-state index in [-0.39, 0.29) is 5.82 Å². The zero-order valence-corrected chi connectivity index (χ0v) is 9.40. The van der Waals surface area contributed by atoms with E-state index >= 15 is 0 Å². The first kappa shape index (κ1) is 10.4. The Balaban J connectivity index is 2.81. The average molecular weight is 224 g/mol. The molecule has 0 fully saturated rings. The molecule has 0 aliphatic carbocycles. The molecular formula is C12H11ClFN. The third kappa shape index (κ3) is 1.82. The lowest BCUT2D eigenvalue weighted by Gasteiger charge is -2.05. The molecule has 0 aliphatic rings. The Morgan fingerprint density at radius 2 is 2.07 bits per heavy atom. The molecule has 0 bridgehead atoms. The highest BCUT2D eigenvalue weighted by molar-refractivity contribution is 6.30. The van der Waals surface area contributed by atoms with Gasteiger partial charge in [0, 0.05) is 5.39 Å². The van der Waals surface area contributed by atoms with Gasteiger partial charge in [-0.1, -0.05) is 18.5 Å². The van der Waals surface area contributed by atoms with E-state index < -0.39 is 0 Å². The van der Waals surface area contributed by atoms with Crippen LogP contribution in [-0.4, -0.2) is 4.98 Å². The van der Waals surface area contributed by atoms with Crippen LogP contribution in [-0.2, 0) is 6.42 Å². The van der Waals surface area contributed by atoms with Crippen molar-refractivity contribution in [3.8, 4) is 0 Å². The molecule has 78 valence electrons. The maximum atomic E-state index is 13.5. The van der Waals surface area contributed by atoms with Gasteiger partial charge in [0.1, 0.15) is 16.5 Å². The maximum absolute atomic E-state index is 13.5. The first-order chi connectivity index (χ1) is 7.11. The summed E-state index contributed by atoms with van der Waals surface area (Å²) in [6.07, 6.45) is 0.803. The number of hydrogen-bond acceptors (Lipinski definition) is 1. The highest BCUT2D eigenvalue weighted by Crippen LogP contribution is 2.24. The van der Waals surface area contributed by atoms with Crippen molar-refractivity contribution in [2.45, 2.75) is 20.3 Å². The number of benzene rings is 1. The molecule has 0 saturated carbocycles. The summed E-state index contributed by atoms with van der Waals surface area (Å²) in [7, 11) is 0. The lowest BCUT2D eigenvalue weighted by molar-refractivity contribution is 0.635. The third-order valence-electron chi connectivity index (χ3n) is 2.42. The van der Waals surface area contributed by atoms with Gasteiger partial charge in [0.05, 0.1) is 0 Å². The summed E-state index contributed by atoms with van der Waals surface area (Å²) in [5, 5.41) is 1.21. The molecule has 2 aromatic rings. The van der Waals surface area contributed by atoms with E-state index in [0.717, 1.165) is 22.9 Å². The van der Waals surface area contributed by atoms with Crippen LogP contribution < -0.4 is 0 Å². The molecule has 0 atom stereocenters. The van der Waals surface area contributed by atoms with Crippen LogP contribution in [0.5, 0.6) is 0 Å². The molecule has 0 spiro atoms. The van der Waals surface area contributed by atoms with Crippen molar-refractivity contribution in [3.05, 3.63) is 40.3 Å². The Hall–Kier alpha value is -1.15. The Morgan fingerprint density at radius 3 is 2.73 bits per heavy atom. The van der Waals surface area contributed by atoms with Gasteiger partial charge in [-0.2, -0.15) is 0 Å². The van der Waals surface area contributed by atoms with Gasteiger partial charge >= 0.3 is 0 Å². The summed E-state index contributed by atoms with van der Waals surface area (Å²) in [5.41, 5.74) is 2.20. The molecule has 2 rings (SSSR count). The average Bonchev–Trinajstić information content (AvgIpc) is 2.18. The highest BCUT2D eigenvalue weighted by atomic mass is 35.5. The van der Waals surface area contributed by atoms with E-state index in [1.54, 1.807) is 0 Å². The maximum Gasteiger partial charge on any atom is 0.149 e. The minimum Gasteiger partial charge on any atom is -0.233 e. The number of pyridine rings is 1. The van der Waals surface area contributed by atoms with Gasteiger partial charge in [0.2, 0.25) is 0 Å². The van der Waals surface area contributed by atoms with Crippen molar-refractivity contribution in [2.75, 3.05) is 0 Å². The molecule has 1 aromatic carbocycles. The van der Waals surface area contributed by atoms with E-state index in [2.05, 4.69) is 4.98 Å². The van der Waals surface area contributed by atoms with E-state index in [1.807, 2.05) is 26.0 Å². The summed E-state index contributed by atoms with van der Waals surface area (Å²) in [5.74, 6) is -0.311. The number of nitrogens with zero attached hydrogens (tertiary/aromatic N) is 1. The second-order valence-corrected chi connectivity index (χ2v) is 3.97. The van der Waals surface area contributed by atoms with Crippen molar-refractivity contribution in [1.82, 2.24) is 4.98 Å². The van der Waals surface area contributed by atoms with Crippen LogP contribution in [0.1, 0.15) is 18.1 Å². The summed E-state index contributed by atoms with van der Waals surface area (Å²) in [6, 6.07) is 5.29. The van der Waals surface area contributed by atoms with Crippen LogP contribution in [0.15, 0.2) is 18.2 Å². The van der Waals surface area contributed by atoms with E-state index in [1.165, 1.54) is 6.07 Å². The fraction of sp³-hybridized carbons (Fsp3) is 0.250. The number of rotatable bonds is 1. The van der Waals surface area contributed by atoms with E-state index in [9.17, 15) is 4.39 Å². The predicted octanol–water partition coefficient (Wildman–Crippen LogP) is 3.90. The molecule has 1 nitrogen and oxygen atoms in total. The van der Waals surface area contributed by atoms with Gasteiger partial charge in [-0.25, -0.2) is 9.37 Å².